The topological polar surface area (TPSA) is 66.8 Å². The van der Waals surface area contributed by atoms with Gasteiger partial charge in [0.05, 0.1) is 18.2 Å². The van der Waals surface area contributed by atoms with Crippen molar-refractivity contribution in [2.45, 2.75) is 33.7 Å². The summed E-state index contributed by atoms with van der Waals surface area (Å²) >= 11 is 0. The quantitative estimate of drug-likeness (QED) is 0.283. The first-order valence-electron chi connectivity index (χ1n) is 11.4. The van der Waals surface area contributed by atoms with Crippen molar-refractivity contribution in [3.63, 3.8) is 0 Å². The number of carbonyl (C=O) groups excluding carboxylic acids is 2. The molecule has 0 aliphatic carbocycles. The van der Waals surface area contributed by atoms with Crippen molar-refractivity contribution in [1.82, 2.24) is 0 Å². The Morgan fingerprint density at radius 2 is 1.62 bits per heavy atom. The first-order chi connectivity index (χ1) is 16.3. The second kappa shape index (κ2) is 9.56. The fourth-order valence-corrected chi connectivity index (χ4v) is 4.29. The Morgan fingerprint density at radius 3 is 2.26 bits per heavy atom. The van der Waals surface area contributed by atoms with Crippen LogP contribution in [-0.2, 0) is 9.59 Å². The summed E-state index contributed by atoms with van der Waals surface area (Å²) in [6, 6.07) is 21.3. The fraction of sp³-hybridized carbons (Fsp3) is 0.241. The maximum absolute atomic E-state index is 13.3. The molecule has 1 fully saturated rings. The highest BCUT2D eigenvalue weighted by molar-refractivity contribution is 6.51. The van der Waals surface area contributed by atoms with Gasteiger partial charge in [0.2, 0.25) is 0 Å². The number of aliphatic hydroxyl groups is 1. The van der Waals surface area contributed by atoms with Crippen LogP contribution in [0, 0.1) is 19.8 Å². The van der Waals surface area contributed by atoms with Crippen LogP contribution < -0.4 is 9.64 Å². The molecule has 1 saturated heterocycles. The molecule has 0 spiro atoms. The molecule has 1 amide bonds. The van der Waals surface area contributed by atoms with Gasteiger partial charge >= 0.3 is 0 Å². The molecule has 1 atom stereocenters. The van der Waals surface area contributed by atoms with Gasteiger partial charge in [0.25, 0.3) is 11.7 Å². The first-order valence-corrected chi connectivity index (χ1v) is 11.4. The number of hydrogen-bond donors (Lipinski definition) is 1. The van der Waals surface area contributed by atoms with E-state index in [2.05, 4.69) is 13.8 Å². The zero-order chi connectivity index (χ0) is 24.4. The predicted molar refractivity (Wildman–Crippen MR) is 134 cm³/mol. The van der Waals surface area contributed by atoms with Crippen molar-refractivity contribution >= 4 is 23.1 Å². The molecule has 3 aromatic rings. The number of aryl methyl sites for hydroxylation is 2. The summed E-state index contributed by atoms with van der Waals surface area (Å²) in [7, 11) is 0. The van der Waals surface area contributed by atoms with Gasteiger partial charge in [0.15, 0.2) is 0 Å². The van der Waals surface area contributed by atoms with Crippen molar-refractivity contribution in [1.29, 1.82) is 0 Å². The standard InChI is InChI=1S/C29H29NO4/c1-18(2)17-34-24-12-8-11-22(16-24)27(31)25-26(21-9-6-5-7-10-21)30(29(33)28(25)32)23-14-19(3)13-20(4)15-23/h5-16,18,26,31H,17H2,1-4H3/b27-25+. The van der Waals surface area contributed by atoms with E-state index in [0.717, 1.165) is 16.7 Å². The van der Waals surface area contributed by atoms with Crippen LogP contribution in [0.4, 0.5) is 5.69 Å². The molecule has 3 aromatic carbocycles. The second-order valence-corrected chi connectivity index (χ2v) is 9.16. The summed E-state index contributed by atoms with van der Waals surface area (Å²) in [4.78, 5) is 28.1. The molecule has 5 heteroatoms. The zero-order valence-corrected chi connectivity index (χ0v) is 19.9. The van der Waals surface area contributed by atoms with Gasteiger partial charge in [-0.25, -0.2) is 0 Å². The van der Waals surface area contributed by atoms with E-state index in [0.29, 0.717) is 29.5 Å². The van der Waals surface area contributed by atoms with E-state index in [1.165, 1.54) is 4.90 Å². The lowest BCUT2D eigenvalue weighted by Gasteiger charge is -2.26. The average Bonchev–Trinajstić information content (AvgIpc) is 3.08. The third kappa shape index (κ3) is 4.60. The number of nitrogens with zero attached hydrogens (tertiary/aromatic N) is 1. The largest absolute Gasteiger partial charge is 0.507 e. The summed E-state index contributed by atoms with van der Waals surface area (Å²) in [5, 5.41) is 11.3. The van der Waals surface area contributed by atoms with Gasteiger partial charge in [0, 0.05) is 11.3 Å². The second-order valence-electron chi connectivity index (χ2n) is 9.16. The fourth-order valence-electron chi connectivity index (χ4n) is 4.29. The molecule has 0 saturated carbocycles. The monoisotopic (exact) mass is 455 g/mol. The maximum Gasteiger partial charge on any atom is 0.300 e. The smallest absolute Gasteiger partial charge is 0.300 e. The van der Waals surface area contributed by atoms with Gasteiger partial charge < -0.3 is 9.84 Å². The Hall–Kier alpha value is -3.86. The normalized spacial score (nSPS) is 17.4. The van der Waals surface area contributed by atoms with Crippen molar-refractivity contribution in [3.8, 4) is 5.75 Å². The molecule has 0 radical (unpaired) electrons. The maximum atomic E-state index is 13.3. The molecule has 4 rings (SSSR count). The van der Waals surface area contributed by atoms with E-state index in [-0.39, 0.29) is 11.3 Å². The summed E-state index contributed by atoms with van der Waals surface area (Å²) in [6.45, 7) is 8.54. The van der Waals surface area contributed by atoms with Crippen LogP contribution in [0.25, 0.3) is 5.76 Å². The molecule has 174 valence electrons. The van der Waals surface area contributed by atoms with E-state index in [1.807, 2.05) is 68.4 Å². The number of ketones is 1. The summed E-state index contributed by atoms with van der Waals surface area (Å²) in [6.07, 6.45) is 0. The molecule has 0 bridgehead atoms. The molecule has 0 aromatic heterocycles. The van der Waals surface area contributed by atoms with Crippen LogP contribution in [0.15, 0.2) is 78.4 Å². The molecule has 1 aliphatic rings. The molecule has 34 heavy (non-hydrogen) atoms. The Kier molecular flexibility index (Phi) is 6.55. The number of rotatable bonds is 6. The molecule has 5 nitrogen and oxygen atoms in total. The number of hydrogen-bond acceptors (Lipinski definition) is 4. The minimum atomic E-state index is -0.748. The van der Waals surface area contributed by atoms with Gasteiger partial charge in [-0.05, 0) is 60.7 Å². The zero-order valence-electron chi connectivity index (χ0n) is 19.9. The number of amides is 1. The molecule has 1 heterocycles. The van der Waals surface area contributed by atoms with Gasteiger partial charge in [-0.2, -0.15) is 0 Å². The van der Waals surface area contributed by atoms with Crippen LogP contribution >= 0.6 is 0 Å². The van der Waals surface area contributed by atoms with E-state index in [4.69, 9.17) is 4.74 Å². The Bertz CT molecular complexity index is 1240. The highest BCUT2D eigenvalue weighted by Gasteiger charge is 2.47. The van der Waals surface area contributed by atoms with E-state index < -0.39 is 17.7 Å². The highest BCUT2D eigenvalue weighted by atomic mass is 16.5. The number of anilines is 1. The molecular formula is C29H29NO4. The van der Waals surface area contributed by atoms with Crippen molar-refractivity contribution < 1.29 is 19.4 Å². The van der Waals surface area contributed by atoms with Crippen molar-refractivity contribution in [2.75, 3.05) is 11.5 Å². The predicted octanol–water partition coefficient (Wildman–Crippen LogP) is 5.96. The SMILES string of the molecule is Cc1cc(C)cc(N2C(=O)C(=O)/C(=C(/O)c3cccc(OCC(C)C)c3)C2c2ccccc2)c1. The van der Waals surface area contributed by atoms with Gasteiger partial charge in [-0.15, -0.1) is 0 Å². The van der Waals surface area contributed by atoms with E-state index in [9.17, 15) is 14.7 Å². The molecule has 1 aliphatic heterocycles. The Labute approximate surface area is 200 Å². The Balaban J connectivity index is 1.87. The highest BCUT2D eigenvalue weighted by Crippen LogP contribution is 2.42. The Morgan fingerprint density at radius 1 is 0.941 bits per heavy atom. The molecule has 1 unspecified atom stereocenters. The van der Waals surface area contributed by atoms with Crippen LogP contribution in [0.5, 0.6) is 5.75 Å². The van der Waals surface area contributed by atoms with Crippen molar-refractivity contribution in [3.05, 3.63) is 101 Å². The average molecular weight is 456 g/mol. The number of carbonyl (C=O) groups is 2. The van der Waals surface area contributed by atoms with Gasteiger partial charge in [-0.1, -0.05) is 62.4 Å². The number of ether oxygens (including phenoxy) is 1. The minimum Gasteiger partial charge on any atom is -0.507 e. The lowest BCUT2D eigenvalue weighted by atomic mass is 9.95. The summed E-state index contributed by atoms with van der Waals surface area (Å²) in [5.41, 5.74) is 3.84. The van der Waals surface area contributed by atoms with E-state index >= 15 is 0 Å². The molecular weight excluding hydrogens is 426 g/mol. The van der Waals surface area contributed by atoms with Crippen LogP contribution in [-0.4, -0.2) is 23.4 Å². The van der Waals surface area contributed by atoms with Gasteiger partial charge in [0.1, 0.15) is 11.5 Å². The molecule has 1 N–H and O–H groups in total. The van der Waals surface area contributed by atoms with Crippen LogP contribution in [0.2, 0.25) is 0 Å². The van der Waals surface area contributed by atoms with Gasteiger partial charge in [-0.3, -0.25) is 14.5 Å². The van der Waals surface area contributed by atoms with Crippen LogP contribution in [0.3, 0.4) is 0 Å². The van der Waals surface area contributed by atoms with Crippen LogP contribution in [0.1, 0.15) is 42.1 Å². The van der Waals surface area contributed by atoms with E-state index in [1.54, 1.807) is 18.2 Å². The number of Topliss-reactive ketones (excluding diaryl/α,β-unsaturated/α-hetero) is 1. The third-order valence-corrected chi connectivity index (χ3v) is 5.74. The summed E-state index contributed by atoms with van der Waals surface area (Å²) < 4.78 is 5.80. The van der Waals surface area contributed by atoms with Crippen molar-refractivity contribution in [2.24, 2.45) is 5.92 Å². The third-order valence-electron chi connectivity index (χ3n) is 5.74. The summed E-state index contributed by atoms with van der Waals surface area (Å²) in [5.74, 6) is -0.642. The first kappa shape index (κ1) is 23.3. The lowest BCUT2D eigenvalue weighted by molar-refractivity contribution is -0.132. The lowest BCUT2D eigenvalue weighted by Crippen LogP contribution is -2.29. The number of aliphatic hydroxyl groups excluding tert-OH is 1. The minimum absolute atomic E-state index is 0.0661. The number of benzene rings is 3.